The van der Waals surface area contributed by atoms with Crippen molar-refractivity contribution in [2.45, 2.75) is 70.1 Å². The highest BCUT2D eigenvalue weighted by Crippen LogP contribution is 2.50. The molecule has 2 aromatic heterocycles. The maximum absolute atomic E-state index is 4.35. The lowest BCUT2D eigenvalue weighted by molar-refractivity contribution is 0.504. The van der Waals surface area contributed by atoms with E-state index in [1.54, 1.807) is 0 Å². The van der Waals surface area contributed by atoms with Crippen LogP contribution >= 0.6 is 35.3 Å². The zero-order chi connectivity index (χ0) is 23.5. The molecular formula is C24H26N8S3. The van der Waals surface area contributed by atoms with Crippen LogP contribution in [-0.4, -0.2) is 61.4 Å². The van der Waals surface area contributed by atoms with Crippen LogP contribution in [0.5, 0.6) is 0 Å². The average molecular weight is 523 g/mol. The lowest BCUT2D eigenvalue weighted by atomic mass is 9.98. The van der Waals surface area contributed by atoms with Crippen molar-refractivity contribution >= 4 is 35.3 Å². The predicted molar refractivity (Wildman–Crippen MR) is 140 cm³/mol. The molecule has 180 valence electrons. The summed E-state index contributed by atoms with van der Waals surface area (Å²) in [6, 6.07) is 20.8. The van der Waals surface area contributed by atoms with Crippen LogP contribution < -0.4 is 0 Å². The Bertz CT molecular complexity index is 1140. The zero-order valence-corrected chi connectivity index (χ0v) is 21.6. The molecule has 2 aliphatic rings. The van der Waals surface area contributed by atoms with Crippen LogP contribution in [0, 0.1) is 0 Å². The zero-order valence-electron chi connectivity index (χ0n) is 19.1. The Kier molecular flexibility index (Phi) is 7.06. The van der Waals surface area contributed by atoms with E-state index in [-0.39, 0.29) is 0 Å². The van der Waals surface area contributed by atoms with Crippen molar-refractivity contribution in [2.24, 2.45) is 0 Å². The first kappa shape index (κ1) is 23.1. The molecule has 6 rings (SSSR count). The molecule has 4 aromatic rings. The van der Waals surface area contributed by atoms with Gasteiger partial charge in [0.05, 0.1) is 13.1 Å². The fourth-order valence-electron chi connectivity index (χ4n) is 4.75. The molecule has 35 heavy (non-hydrogen) atoms. The summed E-state index contributed by atoms with van der Waals surface area (Å²) in [5.41, 5.74) is 2.43. The van der Waals surface area contributed by atoms with Gasteiger partial charge in [0.1, 0.15) is 0 Å². The third kappa shape index (κ3) is 5.41. The van der Waals surface area contributed by atoms with Gasteiger partial charge >= 0.3 is 0 Å². The molecule has 4 heterocycles. The van der Waals surface area contributed by atoms with E-state index in [4.69, 9.17) is 0 Å². The van der Waals surface area contributed by atoms with Crippen LogP contribution in [0.1, 0.15) is 36.8 Å². The number of aromatic nitrogens is 8. The summed E-state index contributed by atoms with van der Waals surface area (Å²) in [5.74, 6) is 0. The number of thioether (sulfide) groups is 3. The largest absolute Gasteiger partial charge is 0.216 e. The fourth-order valence-corrected chi connectivity index (χ4v) is 9.32. The van der Waals surface area contributed by atoms with Gasteiger partial charge in [0.15, 0.2) is 0 Å². The molecule has 2 saturated heterocycles. The highest BCUT2D eigenvalue weighted by atomic mass is 32.2. The standard InChI is InChI=1S/C24H26N8S3/c1-3-7-17(8-4-1)15-31-23(25-27-29-31)34-21-13-11-20-22(14-12-19(21)33-20)35-24-26-28-30-32(24)16-18-9-5-2-6-10-18/h1-10,19-22H,11-16H2. The number of nitrogens with zero attached hydrogens (tertiary/aromatic N) is 8. The maximum Gasteiger partial charge on any atom is 0.209 e. The molecule has 11 heteroatoms. The Morgan fingerprint density at radius 2 is 1.11 bits per heavy atom. The van der Waals surface area contributed by atoms with Crippen molar-refractivity contribution in [3.63, 3.8) is 0 Å². The van der Waals surface area contributed by atoms with E-state index in [1.165, 1.54) is 36.8 Å². The van der Waals surface area contributed by atoms with Gasteiger partial charge in [-0.05, 0) is 57.7 Å². The van der Waals surface area contributed by atoms with Crippen LogP contribution in [0.4, 0.5) is 0 Å². The molecule has 0 spiro atoms. The van der Waals surface area contributed by atoms with Gasteiger partial charge in [-0.15, -0.1) is 10.2 Å². The van der Waals surface area contributed by atoms with E-state index in [1.807, 2.05) is 45.0 Å². The summed E-state index contributed by atoms with van der Waals surface area (Å²) in [7, 11) is 0. The van der Waals surface area contributed by atoms with E-state index >= 15 is 0 Å². The number of hydrogen-bond donors (Lipinski definition) is 0. The van der Waals surface area contributed by atoms with Crippen molar-refractivity contribution in [2.75, 3.05) is 0 Å². The van der Waals surface area contributed by atoms with Gasteiger partial charge in [-0.25, -0.2) is 9.36 Å². The van der Waals surface area contributed by atoms with Gasteiger partial charge in [-0.2, -0.15) is 11.8 Å². The fraction of sp³-hybridized carbons (Fsp3) is 0.417. The topological polar surface area (TPSA) is 87.2 Å². The molecule has 0 N–H and O–H groups in total. The average Bonchev–Trinajstić information content (AvgIpc) is 3.53. The van der Waals surface area contributed by atoms with Gasteiger partial charge in [-0.1, -0.05) is 84.2 Å². The predicted octanol–water partition coefficient (Wildman–Crippen LogP) is 4.44. The van der Waals surface area contributed by atoms with E-state index in [0.717, 1.165) is 10.3 Å². The van der Waals surface area contributed by atoms with Crippen molar-refractivity contribution in [1.29, 1.82) is 0 Å². The van der Waals surface area contributed by atoms with Crippen molar-refractivity contribution in [3.05, 3.63) is 71.8 Å². The second kappa shape index (κ2) is 10.7. The minimum absolute atomic E-state index is 0.547. The Hall–Kier alpha value is -2.37. The third-order valence-electron chi connectivity index (χ3n) is 6.51. The lowest BCUT2D eigenvalue weighted by Crippen LogP contribution is -2.39. The highest BCUT2D eigenvalue weighted by molar-refractivity contribution is 8.06. The Labute approximate surface area is 217 Å². The summed E-state index contributed by atoms with van der Waals surface area (Å²) in [6.07, 6.45) is 4.79. The molecule has 2 aliphatic heterocycles. The normalized spacial score (nSPS) is 23.9. The minimum atomic E-state index is 0.547. The molecule has 0 saturated carbocycles. The molecule has 8 nitrogen and oxygen atoms in total. The van der Waals surface area contributed by atoms with E-state index in [0.29, 0.717) is 34.1 Å². The van der Waals surface area contributed by atoms with Gasteiger partial charge in [0, 0.05) is 21.0 Å². The van der Waals surface area contributed by atoms with Crippen molar-refractivity contribution in [1.82, 2.24) is 40.4 Å². The summed E-state index contributed by atoms with van der Waals surface area (Å²) < 4.78 is 3.87. The lowest BCUT2D eigenvalue weighted by Gasteiger charge is -2.43. The van der Waals surface area contributed by atoms with Gasteiger partial charge in [-0.3, -0.25) is 0 Å². The van der Waals surface area contributed by atoms with Crippen molar-refractivity contribution in [3.8, 4) is 0 Å². The summed E-state index contributed by atoms with van der Waals surface area (Å²) in [4.78, 5) is 0. The first-order valence-electron chi connectivity index (χ1n) is 11.9. The van der Waals surface area contributed by atoms with Crippen molar-refractivity contribution < 1.29 is 0 Å². The van der Waals surface area contributed by atoms with E-state index < -0.39 is 0 Å². The van der Waals surface area contributed by atoms with E-state index in [9.17, 15) is 0 Å². The molecule has 0 amide bonds. The summed E-state index contributed by atoms with van der Waals surface area (Å²) in [5, 5.41) is 29.4. The first-order valence-corrected chi connectivity index (χ1v) is 14.6. The van der Waals surface area contributed by atoms with Crippen LogP contribution in [0.2, 0.25) is 0 Å². The number of rotatable bonds is 8. The number of hydrogen-bond acceptors (Lipinski definition) is 9. The summed E-state index contributed by atoms with van der Waals surface area (Å²) >= 11 is 5.87. The monoisotopic (exact) mass is 522 g/mol. The second-order valence-corrected chi connectivity index (χ2v) is 12.8. The number of tetrazole rings is 2. The smallest absolute Gasteiger partial charge is 0.209 e. The Morgan fingerprint density at radius 3 is 1.57 bits per heavy atom. The molecule has 0 aliphatic carbocycles. The van der Waals surface area contributed by atoms with Crippen LogP contribution in [0.3, 0.4) is 0 Å². The molecular weight excluding hydrogens is 497 g/mol. The molecule has 2 fully saturated rings. The maximum atomic E-state index is 4.35. The van der Waals surface area contributed by atoms with Crippen LogP contribution in [0.25, 0.3) is 0 Å². The van der Waals surface area contributed by atoms with Gasteiger partial charge < -0.3 is 0 Å². The van der Waals surface area contributed by atoms with Crippen LogP contribution in [0.15, 0.2) is 71.0 Å². The molecule has 2 aromatic carbocycles. The Morgan fingerprint density at radius 1 is 0.657 bits per heavy atom. The van der Waals surface area contributed by atoms with Gasteiger partial charge in [0.2, 0.25) is 10.3 Å². The minimum Gasteiger partial charge on any atom is -0.216 e. The van der Waals surface area contributed by atoms with Crippen LogP contribution in [-0.2, 0) is 13.1 Å². The molecule has 0 radical (unpaired) electrons. The summed E-state index contributed by atoms with van der Waals surface area (Å²) in [6.45, 7) is 1.42. The third-order valence-corrected chi connectivity index (χ3v) is 11.4. The number of fused-ring (bicyclic) bond motifs is 2. The van der Waals surface area contributed by atoms with E-state index in [2.05, 4.69) is 91.3 Å². The first-order chi connectivity index (χ1) is 17.3. The quantitative estimate of drug-likeness (QED) is 0.333. The highest BCUT2D eigenvalue weighted by Gasteiger charge is 2.41. The number of benzene rings is 2. The SMILES string of the molecule is c1ccc(Cn2nnnc2SC2CCC3SC2CCC3Sc2nnnn2Cc2ccccc2)cc1. The second-order valence-electron chi connectivity index (χ2n) is 8.89. The van der Waals surface area contributed by atoms with Gasteiger partial charge in [0.25, 0.3) is 0 Å². The Balaban J connectivity index is 1.07. The molecule has 4 unspecified atom stereocenters. The molecule has 4 atom stereocenters. The molecule has 2 bridgehead atoms.